The van der Waals surface area contributed by atoms with Gasteiger partial charge in [0.2, 0.25) is 6.29 Å². The Balaban J connectivity index is 1.39. The molecule has 14 nitrogen and oxygen atoms in total. The summed E-state index contributed by atoms with van der Waals surface area (Å²) in [4.78, 5) is 12.0. The van der Waals surface area contributed by atoms with Crippen molar-refractivity contribution in [2.75, 3.05) is 6.61 Å². The monoisotopic (exact) mass is 612 g/mol. The van der Waals surface area contributed by atoms with E-state index in [2.05, 4.69) is 0 Å². The van der Waals surface area contributed by atoms with Gasteiger partial charge in [0.05, 0.1) is 12.2 Å². The van der Waals surface area contributed by atoms with E-state index in [1.54, 1.807) is 0 Å². The lowest BCUT2D eigenvalue weighted by Gasteiger charge is -2.40. The number of rotatable bonds is 8. The van der Waals surface area contributed by atoms with Crippen LogP contribution in [0.2, 0.25) is 0 Å². The molecule has 4 unspecified atom stereocenters. The maximum Gasteiger partial charge on any atom is 0.229 e. The fraction of sp³-hybridized carbons (Fsp3) is 0.233. The molecule has 2 aliphatic heterocycles. The summed E-state index contributed by atoms with van der Waals surface area (Å²) in [6.45, 7) is -0.495. The largest absolute Gasteiger partial charge is 0.507 e. The fourth-order valence-electron chi connectivity index (χ4n) is 4.49. The van der Waals surface area contributed by atoms with Crippen LogP contribution in [0.5, 0.6) is 34.5 Å². The maximum absolute atomic E-state index is 12.0. The minimum Gasteiger partial charge on any atom is -0.507 e. The molecule has 44 heavy (non-hydrogen) atoms. The highest BCUT2D eigenvalue weighted by Gasteiger charge is 2.45. The second-order valence-electron chi connectivity index (χ2n) is 9.96. The van der Waals surface area contributed by atoms with Gasteiger partial charge in [-0.25, -0.2) is 0 Å². The first-order valence-electron chi connectivity index (χ1n) is 13.1. The lowest BCUT2D eigenvalue weighted by molar-refractivity contribution is -0.284. The van der Waals surface area contributed by atoms with E-state index in [1.807, 2.05) is 0 Å². The SMILES string of the molecule is O=c1cc2oc(-c3ccc(O)c(O)c3)c(O[C@@H]3OC(COC(O)C=Cc4ccc(O)c(O)c4)[C@@H](O)C(O)C3O)cc-2c(O)c1. The van der Waals surface area contributed by atoms with Gasteiger partial charge in [0.1, 0.15) is 35.9 Å². The number of hydrogen-bond acceptors (Lipinski definition) is 14. The molecule has 0 radical (unpaired) electrons. The number of aliphatic hydroxyl groups excluding tert-OH is 4. The summed E-state index contributed by atoms with van der Waals surface area (Å²) in [6.07, 6.45) is -7.24. The predicted octanol–water partition coefficient (Wildman–Crippen LogP) is 1.17. The Morgan fingerprint density at radius 3 is 2.20 bits per heavy atom. The van der Waals surface area contributed by atoms with Crippen LogP contribution in [0.4, 0.5) is 0 Å². The summed E-state index contributed by atoms with van der Waals surface area (Å²) in [7, 11) is 0. The molecule has 2 aromatic rings. The van der Waals surface area contributed by atoms with Crippen LogP contribution in [0, 0.1) is 0 Å². The summed E-state index contributed by atoms with van der Waals surface area (Å²) in [5.41, 5.74) is 0.0562. The Bertz CT molecular complexity index is 1700. The predicted molar refractivity (Wildman–Crippen MR) is 150 cm³/mol. The van der Waals surface area contributed by atoms with Crippen LogP contribution < -0.4 is 10.2 Å². The molecule has 6 atom stereocenters. The zero-order chi connectivity index (χ0) is 31.7. The first-order chi connectivity index (χ1) is 20.9. The Morgan fingerprint density at radius 1 is 0.795 bits per heavy atom. The molecule has 0 amide bonds. The standard InChI is InChI=1S/C30H28O14/c31-15-9-19(34)16-11-23(29(42-22(16)10-15)14-3-5-18(33)21(36)8-14)43-30-28(40)27(39)26(38)24(44-30)12-41-25(37)6-2-13-1-4-17(32)20(35)7-13/h1-11,24-28,30,32-40H,12H2/t24?,25?,26-,27?,28?,30-/m1/s1. The lowest BCUT2D eigenvalue weighted by atomic mass is 9.99. The number of phenolic OH excluding ortho intramolecular Hbond substituents is 5. The number of benzene rings is 3. The molecular formula is C30H28O14. The van der Waals surface area contributed by atoms with Gasteiger partial charge in [0.25, 0.3) is 0 Å². The zero-order valence-corrected chi connectivity index (χ0v) is 22.6. The molecule has 0 aromatic heterocycles. The van der Waals surface area contributed by atoms with Crippen molar-refractivity contribution >= 4 is 6.08 Å². The van der Waals surface area contributed by atoms with Crippen LogP contribution in [0.1, 0.15) is 5.56 Å². The lowest BCUT2D eigenvalue weighted by Crippen LogP contribution is -2.60. The summed E-state index contributed by atoms with van der Waals surface area (Å²) in [6, 6.07) is 10.9. The van der Waals surface area contributed by atoms with Gasteiger partial charge in [-0.2, -0.15) is 0 Å². The normalized spacial score (nSPS) is 22.8. The highest BCUT2D eigenvalue weighted by atomic mass is 16.7. The second-order valence-corrected chi connectivity index (χ2v) is 9.96. The van der Waals surface area contributed by atoms with E-state index < -0.39 is 66.3 Å². The third kappa shape index (κ3) is 6.40. The molecule has 2 heterocycles. The topological polar surface area (TPSA) is 240 Å². The van der Waals surface area contributed by atoms with Gasteiger partial charge in [-0.15, -0.1) is 0 Å². The van der Waals surface area contributed by atoms with Gasteiger partial charge >= 0.3 is 0 Å². The Morgan fingerprint density at radius 2 is 1.50 bits per heavy atom. The summed E-state index contributed by atoms with van der Waals surface area (Å²) < 4.78 is 22.7. The van der Waals surface area contributed by atoms with E-state index in [0.717, 1.165) is 18.2 Å². The molecule has 0 bridgehead atoms. The van der Waals surface area contributed by atoms with E-state index in [4.69, 9.17) is 18.6 Å². The van der Waals surface area contributed by atoms with E-state index in [1.165, 1.54) is 48.6 Å². The van der Waals surface area contributed by atoms with Crippen LogP contribution in [-0.4, -0.2) is 89.6 Å². The van der Waals surface area contributed by atoms with Crippen LogP contribution in [0.3, 0.4) is 0 Å². The summed E-state index contributed by atoms with van der Waals surface area (Å²) in [5, 5.41) is 91.1. The van der Waals surface area contributed by atoms with E-state index in [9.17, 15) is 50.8 Å². The molecule has 3 aliphatic rings. The van der Waals surface area contributed by atoms with Crippen molar-refractivity contribution in [2.45, 2.75) is 37.0 Å². The van der Waals surface area contributed by atoms with Crippen molar-refractivity contribution in [1.82, 2.24) is 0 Å². The van der Waals surface area contributed by atoms with Gasteiger partial charge in [0.15, 0.2) is 46.2 Å². The number of aliphatic hydroxyl groups is 4. The molecule has 9 N–H and O–H groups in total. The first kappa shape index (κ1) is 30.6. The number of phenols is 5. The molecule has 232 valence electrons. The Hall–Kier alpha value is -4.83. The molecule has 14 heteroatoms. The van der Waals surface area contributed by atoms with Crippen LogP contribution >= 0.6 is 0 Å². The second kappa shape index (κ2) is 12.4. The van der Waals surface area contributed by atoms with Crippen LogP contribution in [0.15, 0.2) is 69.9 Å². The van der Waals surface area contributed by atoms with Crippen molar-refractivity contribution in [3.63, 3.8) is 0 Å². The first-order valence-corrected chi connectivity index (χ1v) is 13.1. The highest BCUT2D eigenvalue weighted by molar-refractivity contribution is 5.76. The number of fused-ring (bicyclic) bond motifs is 1. The Kier molecular flexibility index (Phi) is 8.64. The molecule has 0 saturated carbocycles. The number of ether oxygens (including phenoxy) is 3. The number of aromatic hydroxyl groups is 5. The van der Waals surface area contributed by atoms with Gasteiger partial charge in [-0.05, 0) is 48.0 Å². The third-order valence-electron chi connectivity index (χ3n) is 6.84. The molecule has 1 aliphatic carbocycles. The highest BCUT2D eigenvalue weighted by Crippen LogP contribution is 2.43. The van der Waals surface area contributed by atoms with Crippen molar-refractivity contribution in [3.8, 4) is 57.1 Å². The van der Waals surface area contributed by atoms with Crippen LogP contribution in [-0.2, 0) is 9.47 Å². The molecule has 1 saturated heterocycles. The van der Waals surface area contributed by atoms with E-state index >= 15 is 0 Å². The van der Waals surface area contributed by atoms with Gasteiger partial charge < -0.3 is 64.6 Å². The molecule has 2 aromatic carbocycles. The van der Waals surface area contributed by atoms with Crippen molar-refractivity contribution < 1.29 is 64.6 Å². The van der Waals surface area contributed by atoms with Gasteiger partial charge in [-0.1, -0.05) is 12.1 Å². The smallest absolute Gasteiger partial charge is 0.229 e. The molecular weight excluding hydrogens is 584 g/mol. The van der Waals surface area contributed by atoms with Gasteiger partial charge in [0, 0.05) is 17.7 Å². The van der Waals surface area contributed by atoms with E-state index in [-0.39, 0.29) is 39.9 Å². The average Bonchev–Trinajstić information content (AvgIpc) is 2.98. The van der Waals surface area contributed by atoms with Crippen molar-refractivity contribution in [2.24, 2.45) is 0 Å². The fourth-order valence-corrected chi connectivity index (χ4v) is 4.49. The van der Waals surface area contributed by atoms with Crippen molar-refractivity contribution in [1.29, 1.82) is 0 Å². The van der Waals surface area contributed by atoms with Crippen LogP contribution in [0.25, 0.3) is 28.7 Å². The quantitative estimate of drug-likeness (QED) is 0.100. The molecule has 1 fully saturated rings. The average molecular weight is 613 g/mol. The molecule has 5 rings (SSSR count). The third-order valence-corrected chi connectivity index (χ3v) is 6.84. The Labute approximate surface area is 248 Å². The molecule has 0 spiro atoms. The van der Waals surface area contributed by atoms with Gasteiger partial charge in [-0.3, -0.25) is 4.79 Å². The summed E-state index contributed by atoms with van der Waals surface area (Å²) in [5.74, 6) is -2.44. The minimum absolute atomic E-state index is 0.0361. The van der Waals surface area contributed by atoms with Crippen molar-refractivity contribution in [3.05, 3.63) is 76.5 Å². The zero-order valence-electron chi connectivity index (χ0n) is 22.6. The number of hydrogen-bond donors (Lipinski definition) is 9. The maximum atomic E-state index is 12.0. The van der Waals surface area contributed by atoms with E-state index in [0.29, 0.717) is 5.56 Å². The summed E-state index contributed by atoms with van der Waals surface area (Å²) >= 11 is 0. The minimum atomic E-state index is -1.82.